The van der Waals surface area contributed by atoms with Crippen LogP contribution in [0.1, 0.15) is 18.5 Å². The lowest BCUT2D eigenvalue weighted by Crippen LogP contribution is -2.56. The molecular formula is C15H16N4O7S. The number of β-lactam (4-membered cyclic amide) rings is 1. The molecule has 1 aromatic rings. The topological polar surface area (TPSA) is 152 Å². The summed E-state index contributed by atoms with van der Waals surface area (Å²) < 4.78 is 6.33. The molecule has 11 nitrogen and oxygen atoms in total. The minimum Gasteiger partial charge on any atom is -0.481 e. The average molecular weight is 396 g/mol. The first-order valence-electron chi connectivity index (χ1n) is 8.03. The van der Waals surface area contributed by atoms with Gasteiger partial charge in [0.15, 0.2) is 0 Å². The molecule has 2 aliphatic rings. The van der Waals surface area contributed by atoms with Gasteiger partial charge < -0.3 is 19.8 Å². The predicted molar refractivity (Wildman–Crippen MR) is 90.3 cm³/mol. The molecular weight excluding hydrogens is 380 g/mol. The number of ether oxygens (including phenoxy) is 1. The van der Waals surface area contributed by atoms with Gasteiger partial charge >= 0.3 is 17.9 Å². The molecule has 3 heterocycles. The Balaban J connectivity index is 1.51. The van der Waals surface area contributed by atoms with Crippen LogP contribution in [0.2, 0.25) is 0 Å². The quantitative estimate of drug-likeness (QED) is 0.332. The molecule has 0 radical (unpaired) electrons. The Morgan fingerprint density at radius 2 is 2.11 bits per heavy atom. The highest BCUT2D eigenvalue weighted by Gasteiger charge is 2.53. The van der Waals surface area contributed by atoms with Crippen molar-refractivity contribution in [1.82, 2.24) is 19.9 Å². The molecule has 144 valence electrons. The summed E-state index contributed by atoms with van der Waals surface area (Å²) in [6, 6.07) is -0.795. The van der Waals surface area contributed by atoms with Gasteiger partial charge in [0.05, 0.1) is 31.2 Å². The average Bonchev–Trinajstić information content (AvgIpc) is 3.22. The summed E-state index contributed by atoms with van der Waals surface area (Å²) in [4.78, 5) is 46.3. The van der Waals surface area contributed by atoms with E-state index in [9.17, 15) is 19.2 Å². The summed E-state index contributed by atoms with van der Waals surface area (Å²) >= 11 is 1.39. The molecule has 1 amide bonds. The van der Waals surface area contributed by atoms with Crippen molar-refractivity contribution in [1.29, 1.82) is 0 Å². The zero-order valence-electron chi connectivity index (χ0n) is 14.0. The van der Waals surface area contributed by atoms with Crippen LogP contribution in [-0.4, -0.2) is 77.7 Å². The highest BCUT2D eigenvalue weighted by atomic mass is 32.2. The van der Waals surface area contributed by atoms with Gasteiger partial charge in [0.2, 0.25) is 0 Å². The van der Waals surface area contributed by atoms with Gasteiger partial charge in [-0.2, -0.15) is 0 Å². The molecule has 27 heavy (non-hydrogen) atoms. The van der Waals surface area contributed by atoms with Gasteiger partial charge in [-0.05, 0) is 6.08 Å². The first kappa shape index (κ1) is 18.9. The Morgan fingerprint density at radius 3 is 2.81 bits per heavy atom. The number of aromatic nitrogens is 3. The standard InChI is InChI=1S/C15H16N4O7S/c20-11(21)1-2-12(22)26-4-3-18-6-8(16-17-18)5-9-13(23)19-10(15(24)25)7-27-14(9)19/h5-6,10,14H,1-4,7H2,(H,20,21)(H,24,25)/t10?,14-/m1/s1. The maximum absolute atomic E-state index is 12.2. The number of fused-ring (bicyclic) bond motifs is 1. The summed E-state index contributed by atoms with van der Waals surface area (Å²) in [5, 5.41) is 25.1. The van der Waals surface area contributed by atoms with Crippen molar-refractivity contribution in [2.75, 3.05) is 12.4 Å². The number of carboxylic acid groups (broad SMARTS) is 2. The maximum atomic E-state index is 12.2. The molecule has 1 aromatic heterocycles. The fourth-order valence-corrected chi connectivity index (χ4v) is 4.11. The van der Waals surface area contributed by atoms with Crippen molar-refractivity contribution in [2.45, 2.75) is 30.8 Å². The van der Waals surface area contributed by atoms with E-state index in [1.165, 1.54) is 21.3 Å². The largest absolute Gasteiger partial charge is 0.481 e. The lowest BCUT2D eigenvalue weighted by molar-refractivity contribution is -0.150. The number of amides is 1. The lowest BCUT2D eigenvalue weighted by atomic mass is 10.0. The highest BCUT2D eigenvalue weighted by molar-refractivity contribution is 8.00. The van der Waals surface area contributed by atoms with Crippen LogP contribution in [0.5, 0.6) is 0 Å². The second-order valence-electron chi connectivity index (χ2n) is 5.87. The minimum absolute atomic E-state index is 0.0172. The Morgan fingerprint density at radius 1 is 1.33 bits per heavy atom. The number of hydrogen-bond acceptors (Lipinski definition) is 8. The molecule has 2 fully saturated rings. The number of carbonyl (C=O) groups excluding carboxylic acids is 2. The number of thioether (sulfide) groups is 1. The SMILES string of the molecule is O=C(O)CCC(=O)OCCn1cc(C=C2C(=O)N3C(C(=O)O)CS[C@H]23)nn1. The number of rotatable bonds is 8. The zero-order chi connectivity index (χ0) is 19.6. The summed E-state index contributed by atoms with van der Waals surface area (Å²) in [7, 11) is 0. The van der Waals surface area contributed by atoms with Crippen LogP contribution >= 0.6 is 11.8 Å². The van der Waals surface area contributed by atoms with E-state index >= 15 is 0 Å². The van der Waals surface area contributed by atoms with E-state index in [0.717, 1.165) is 0 Å². The van der Waals surface area contributed by atoms with Crippen LogP contribution in [-0.2, 0) is 30.5 Å². The summed E-state index contributed by atoms with van der Waals surface area (Å²) in [5.41, 5.74) is 0.922. The molecule has 0 aliphatic carbocycles. The number of esters is 1. The first-order chi connectivity index (χ1) is 12.9. The van der Waals surface area contributed by atoms with Crippen molar-refractivity contribution in [3.05, 3.63) is 17.5 Å². The Bertz CT molecular complexity index is 821. The van der Waals surface area contributed by atoms with Crippen molar-refractivity contribution in [2.24, 2.45) is 0 Å². The Kier molecular flexibility index (Phi) is 5.44. The van der Waals surface area contributed by atoms with Crippen LogP contribution in [0.25, 0.3) is 6.08 Å². The van der Waals surface area contributed by atoms with Crippen LogP contribution in [0.3, 0.4) is 0 Å². The van der Waals surface area contributed by atoms with Crippen molar-refractivity contribution in [3.63, 3.8) is 0 Å². The monoisotopic (exact) mass is 396 g/mol. The summed E-state index contributed by atoms with van der Waals surface area (Å²) in [5.74, 6) is -2.66. The van der Waals surface area contributed by atoms with Crippen molar-refractivity contribution < 1.29 is 34.1 Å². The second-order valence-corrected chi connectivity index (χ2v) is 6.99. The zero-order valence-corrected chi connectivity index (χ0v) is 14.8. The molecule has 2 saturated heterocycles. The molecule has 0 saturated carbocycles. The number of nitrogens with zero attached hydrogens (tertiary/aromatic N) is 4. The van der Waals surface area contributed by atoms with Crippen molar-refractivity contribution in [3.8, 4) is 0 Å². The molecule has 2 N–H and O–H groups in total. The first-order valence-corrected chi connectivity index (χ1v) is 9.08. The number of carboxylic acids is 2. The van der Waals surface area contributed by atoms with E-state index in [4.69, 9.17) is 14.9 Å². The van der Waals surface area contributed by atoms with E-state index in [2.05, 4.69) is 10.3 Å². The Labute approximate surface area is 157 Å². The Hall–Kier alpha value is -2.89. The smallest absolute Gasteiger partial charge is 0.327 e. The van der Waals surface area contributed by atoms with Gasteiger partial charge in [-0.1, -0.05) is 5.21 Å². The van der Waals surface area contributed by atoms with Gasteiger partial charge in [-0.3, -0.25) is 14.4 Å². The van der Waals surface area contributed by atoms with Crippen LogP contribution < -0.4 is 0 Å². The van der Waals surface area contributed by atoms with Gasteiger partial charge in [0.1, 0.15) is 23.7 Å². The van der Waals surface area contributed by atoms with E-state index in [1.807, 2.05) is 0 Å². The van der Waals surface area contributed by atoms with Crippen LogP contribution in [0.15, 0.2) is 11.8 Å². The molecule has 3 rings (SSSR count). The molecule has 12 heteroatoms. The second kappa shape index (κ2) is 7.78. The molecule has 2 aliphatic heterocycles. The van der Waals surface area contributed by atoms with Gasteiger partial charge in [0, 0.05) is 5.75 Å². The normalized spacial score (nSPS) is 22.4. The number of aliphatic carboxylic acids is 2. The van der Waals surface area contributed by atoms with Gasteiger partial charge in [-0.25, -0.2) is 9.48 Å². The third-order valence-corrected chi connectivity index (χ3v) is 5.32. The lowest BCUT2D eigenvalue weighted by Gasteiger charge is -2.38. The van der Waals surface area contributed by atoms with E-state index in [-0.39, 0.29) is 37.3 Å². The predicted octanol–water partition coefficient (Wildman–Crippen LogP) is -0.562. The fraction of sp³-hybridized carbons (Fsp3) is 0.467. The molecule has 0 spiro atoms. The summed E-state index contributed by atoms with van der Waals surface area (Å²) in [6.07, 6.45) is 2.66. The van der Waals surface area contributed by atoms with Crippen LogP contribution in [0, 0.1) is 0 Å². The van der Waals surface area contributed by atoms with Crippen LogP contribution in [0.4, 0.5) is 0 Å². The van der Waals surface area contributed by atoms with Gasteiger partial charge in [0.25, 0.3) is 5.91 Å². The molecule has 0 bridgehead atoms. The highest BCUT2D eigenvalue weighted by Crippen LogP contribution is 2.43. The van der Waals surface area contributed by atoms with Crippen molar-refractivity contribution >= 4 is 41.7 Å². The van der Waals surface area contributed by atoms with E-state index < -0.39 is 23.9 Å². The summed E-state index contributed by atoms with van der Waals surface area (Å²) in [6.45, 7) is 0.248. The number of carbonyl (C=O) groups is 4. The van der Waals surface area contributed by atoms with Gasteiger partial charge in [-0.15, -0.1) is 16.9 Å². The fourth-order valence-electron chi connectivity index (χ4n) is 2.69. The van der Waals surface area contributed by atoms with E-state index in [1.54, 1.807) is 12.3 Å². The third-order valence-electron chi connectivity index (χ3n) is 4.02. The maximum Gasteiger partial charge on any atom is 0.327 e. The number of hydrogen-bond donors (Lipinski definition) is 2. The third kappa shape index (κ3) is 4.10. The van der Waals surface area contributed by atoms with E-state index in [0.29, 0.717) is 17.0 Å². The molecule has 0 aromatic carbocycles. The molecule has 2 atom stereocenters. The minimum atomic E-state index is -1.07. The molecule has 1 unspecified atom stereocenters.